The van der Waals surface area contributed by atoms with Crippen LogP contribution in [0.4, 0.5) is 5.69 Å². The highest BCUT2D eigenvalue weighted by Crippen LogP contribution is 2.29. The number of nitrogens with zero attached hydrogens (tertiary/aromatic N) is 3. The average Bonchev–Trinajstić information content (AvgIpc) is 3.34. The number of hydrogen-bond acceptors (Lipinski definition) is 5. The zero-order valence-electron chi connectivity index (χ0n) is 16.5. The number of aryl methyl sites for hydroxylation is 1. The SMILES string of the molecule is CCN(CC(=O)Nc1cccc(OC)c1)C(=O)[C@H]1CNC[C@@H]1c1cnn(C)c1. The minimum Gasteiger partial charge on any atom is -0.497 e. The van der Waals surface area contributed by atoms with Gasteiger partial charge < -0.3 is 20.3 Å². The van der Waals surface area contributed by atoms with Crippen LogP contribution in [0, 0.1) is 5.92 Å². The molecular weight excluding hydrogens is 358 g/mol. The molecule has 0 unspecified atom stereocenters. The topological polar surface area (TPSA) is 88.5 Å². The number of hydrogen-bond donors (Lipinski definition) is 2. The summed E-state index contributed by atoms with van der Waals surface area (Å²) in [4.78, 5) is 27.2. The van der Waals surface area contributed by atoms with Gasteiger partial charge in [-0.3, -0.25) is 14.3 Å². The van der Waals surface area contributed by atoms with Crippen LogP contribution in [0.1, 0.15) is 18.4 Å². The molecule has 3 rings (SSSR count). The monoisotopic (exact) mass is 385 g/mol. The van der Waals surface area contributed by atoms with Gasteiger partial charge in [0.2, 0.25) is 11.8 Å². The Bertz CT molecular complexity index is 835. The van der Waals surface area contributed by atoms with Crippen molar-refractivity contribution in [2.24, 2.45) is 13.0 Å². The number of carbonyl (C=O) groups excluding carboxylic acids is 2. The molecule has 0 radical (unpaired) electrons. The van der Waals surface area contributed by atoms with Gasteiger partial charge in [0, 0.05) is 50.6 Å². The Kier molecular flexibility index (Phi) is 6.30. The highest BCUT2D eigenvalue weighted by atomic mass is 16.5. The van der Waals surface area contributed by atoms with E-state index >= 15 is 0 Å². The standard InChI is InChI=1S/C20H27N5O3/c1-4-25(13-19(26)23-15-6-5-7-16(8-15)28-3)20(27)18-11-21-10-17(18)14-9-22-24(2)12-14/h5-9,12,17-18,21H,4,10-11,13H2,1-3H3,(H,23,26)/t17-,18+/m1/s1. The van der Waals surface area contributed by atoms with Gasteiger partial charge in [0.1, 0.15) is 5.75 Å². The quantitative estimate of drug-likeness (QED) is 0.748. The molecule has 8 heteroatoms. The number of aromatic nitrogens is 2. The first-order valence-electron chi connectivity index (χ1n) is 9.43. The lowest BCUT2D eigenvalue weighted by molar-refractivity contribution is -0.138. The van der Waals surface area contributed by atoms with E-state index in [0.717, 1.165) is 12.1 Å². The van der Waals surface area contributed by atoms with Crippen molar-refractivity contribution in [1.82, 2.24) is 20.0 Å². The second-order valence-electron chi connectivity index (χ2n) is 6.95. The van der Waals surface area contributed by atoms with Crippen molar-refractivity contribution < 1.29 is 14.3 Å². The number of ether oxygens (including phenoxy) is 1. The van der Waals surface area contributed by atoms with Gasteiger partial charge in [-0.2, -0.15) is 5.10 Å². The fourth-order valence-corrected chi connectivity index (χ4v) is 3.57. The molecule has 1 aromatic carbocycles. The molecule has 2 amide bonds. The average molecular weight is 385 g/mol. The van der Waals surface area contributed by atoms with Gasteiger partial charge in [-0.1, -0.05) is 6.07 Å². The smallest absolute Gasteiger partial charge is 0.243 e. The van der Waals surface area contributed by atoms with Gasteiger partial charge in [0.25, 0.3) is 0 Å². The Balaban J connectivity index is 1.64. The van der Waals surface area contributed by atoms with Crippen LogP contribution in [0.15, 0.2) is 36.7 Å². The number of methoxy groups -OCH3 is 1. The number of anilines is 1. The molecule has 0 bridgehead atoms. The van der Waals surface area contributed by atoms with Crippen molar-refractivity contribution in [3.63, 3.8) is 0 Å². The maximum absolute atomic E-state index is 13.1. The Hall–Kier alpha value is -2.87. The normalized spacial score (nSPS) is 18.7. The summed E-state index contributed by atoms with van der Waals surface area (Å²) in [6.45, 7) is 3.71. The van der Waals surface area contributed by atoms with Crippen LogP contribution in [0.5, 0.6) is 5.75 Å². The van der Waals surface area contributed by atoms with Crippen LogP contribution < -0.4 is 15.4 Å². The maximum atomic E-state index is 13.1. The summed E-state index contributed by atoms with van der Waals surface area (Å²) in [6.07, 6.45) is 3.76. The second-order valence-corrected chi connectivity index (χ2v) is 6.95. The minimum atomic E-state index is -0.229. The van der Waals surface area contributed by atoms with E-state index < -0.39 is 0 Å². The highest BCUT2D eigenvalue weighted by Gasteiger charge is 2.37. The van der Waals surface area contributed by atoms with E-state index in [2.05, 4.69) is 15.7 Å². The summed E-state index contributed by atoms with van der Waals surface area (Å²) in [6, 6.07) is 7.15. The van der Waals surface area contributed by atoms with Gasteiger partial charge in [-0.15, -0.1) is 0 Å². The Morgan fingerprint density at radius 3 is 2.89 bits per heavy atom. The molecule has 8 nitrogen and oxygen atoms in total. The molecule has 1 aliphatic heterocycles. The van der Waals surface area contributed by atoms with Gasteiger partial charge in [0.05, 0.1) is 25.8 Å². The van der Waals surface area contributed by atoms with Crippen LogP contribution in [-0.2, 0) is 16.6 Å². The molecule has 2 heterocycles. The van der Waals surface area contributed by atoms with E-state index in [1.807, 2.05) is 32.4 Å². The van der Waals surface area contributed by atoms with E-state index in [-0.39, 0.29) is 30.2 Å². The number of carbonyl (C=O) groups is 2. The van der Waals surface area contributed by atoms with Crippen molar-refractivity contribution in [3.05, 3.63) is 42.2 Å². The third-order valence-electron chi connectivity index (χ3n) is 5.07. The molecule has 1 fully saturated rings. The molecule has 2 aromatic rings. The van der Waals surface area contributed by atoms with E-state index in [0.29, 0.717) is 24.5 Å². The predicted octanol–water partition coefficient (Wildman–Crippen LogP) is 1.22. The predicted molar refractivity (Wildman–Crippen MR) is 106 cm³/mol. The molecule has 0 aliphatic carbocycles. The maximum Gasteiger partial charge on any atom is 0.243 e. The Morgan fingerprint density at radius 1 is 1.39 bits per heavy atom. The third-order valence-corrected chi connectivity index (χ3v) is 5.07. The molecule has 0 spiro atoms. The minimum absolute atomic E-state index is 0.0119. The lowest BCUT2D eigenvalue weighted by Crippen LogP contribution is -2.43. The zero-order chi connectivity index (χ0) is 20.1. The van der Waals surface area contributed by atoms with E-state index in [4.69, 9.17) is 4.74 Å². The fourth-order valence-electron chi connectivity index (χ4n) is 3.57. The van der Waals surface area contributed by atoms with Crippen LogP contribution in [0.25, 0.3) is 0 Å². The first-order chi connectivity index (χ1) is 13.5. The van der Waals surface area contributed by atoms with Crippen LogP contribution in [0.2, 0.25) is 0 Å². The number of benzene rings is 1. The summed E-state index contributed by atoms with van der Waals surface area (Å²) in [5.74, 6) is 0.289. The number of amides is 2. The number of likely N-dealkylation sites (N-methyl/N-ethyl adjacent to an activating group) is 1. The van der Waals surface area contributed by atoms with Gasteiger partial charge >= 0.3 is 0 Å². The van der Waals surface area contributed by atoms with E-state index in [1.165, 1.54) is 0 Å². The Morgan fingerprint density at radius 2 is 2.21 bits per heavy atom. The first-order valence-corrected chi connectivity index (χ1v) is 9.43. The first kappa shape index (κ1) is 19.9. The summed E-state index contributed by atoms with van der Waals surface area (Å²) in [5, 5.41) is 10.3. The molecule has 1 aromatic heterocycles. The summed E-state index contributed by atoms with van der Waals surface area (Å²) in [7, 11) is 3.44. The van der Waals surface area contributed by atoms with Crippen molar-refractivity contribution >= 4 is 17.5 Å². The number of rotatable bonds is 7. The molecule has 0 saturated carbocycles. The second kappa shape index (κ2) is 8.88. The molecule has 150 valence electrons. The molecule has 2 atom stereocenters. The van der Waals surface area contributed by atoms with Crippen molar-refractivity contribution in [1.29, 1.82) is 0 Å². The fraction of sp³-hybridized carbons (Fsp3) is 0.450. The summed E-state index contributed by atoms with van der Waals surface area (Å²) < 4.78 is 6.91. The number of nitrogens with one attached hydrogen (secondary N) is 2. The molecule has 1 aliphatic rings. The molecule has 2 N–H and O–H groups in total. The van der Waals surface area contributed by atoms with Crippen LogP contribution in [-0.4, -0.2) is 59.8 Å². The van der Waals surface area contributed by atoms with Gasteiger partial charge in [0.15, 0.2) is 0 Å². The summed E-state index contributed by atoms with van der Waals surface area (Å²) >= 11 is 0. The van der Waals surface area contributed by atoms with Crippen LogP contribution in [0.3, 0.4) is 0 Å². The summed E-state index contributed by atoms with van der Waals surface area (Å²) in [5.41, 5.74) is 1.69. The highest BCUT2D eigenvalue weighted by molar-refractivity contribution is 5.95. The van der Waals surface area contributed by atoms with Crippen molar-refractivity contribution in [2.45, 2.75) is 12.8 Å². The van der Waals surface area contributed by atoms with Gasteiger partial charge in [-0.05, 0) is 24.6 Å². The van der Waals surface area contributed by atoms with Crippen molar-refractivity contribution in [3.8, 4) is 5.75 Å². The van der Waals surface area contributed by atoms with Crippen molar-refractivity contribution in [2.75, 3.05) is 38.6 Å². The lowest BCUT2D eigenvalue weighted by Gasteiger charge is -2.26. The Labute approximate surface area is 164 Å². The molecule has 28 heavy (non-hydrogen) atoms. The van der Waals surface area contributed by atoms with E-state index in [1.54, 1.807) is 34.9 Å². The molecule has 1 saturated heterocycles. The molecular formula is C20H27N5O3. The third kappa shape index (κ3) is 4.51. The largest absolute Gasteiger partial charge is 0.497 e. The lowest BCUT2D eigenvalue weighted by atomic mass is 9.90. The zero-order valence-corrected chi connectivity index (χ0v) is 16.5. The van der Waals surface area contributed by atoms with Gasteiger partial charge in [-0.25, -0.2) is 0 Å². The van der Waals surface area contributed by atoms with Crippen LogP contribution >= 0.6 is 0 Å². The van der Waals surface area contributed by atoms with E-state index in [9.17, 15) is 9.59 Å².